The molecule has 1 atom stereocenters. The van der Waals surface area contributed by atoms with Crippen molar-refractivity contribution in [3.8, 4) is 11.4 Å². The van der Waals surface area contributed by atoms with Crippen molar-refractivity contribution in [1.29, 1.82) is 0 Å². The van der Waals surface area contributed by atoms with Gasteiger partial charge < -0.3 is 14.8 Å². The second-order valence-corrected chi connectivity index (χ2v) is 12.2. The lowest BCUT2D eigenvalue weighted by molar-refractivity contribution is -0.122. The number of carbonyl (C=O) groups excluding carboxylic acids is 2. The van der Waals surface area contributed by atoms with Crippen LogP contribution in [0.15, 0.2) is 42.5 Å². The van der Waals surface area contributed by atoms with Gasteiger partial charge in [0.15, 0.2) is 0 Å². The van der Waals surface area contributed by atoms with Gasteiger partial charge in [-0.05, 0) is 43.5 Å². The molecule has 4 rings (SSSR count). The number of benzene rings is 2. The van der Waals surface area contributed by atoms with Crippen LogP contribution in [0.3, 0.4) is 0 Å². The van der Waals surface area contributed by atoms with Gasteiger partial charge in [-0.1, -0.05) is 51.1 Å². The van der Waals surface area contributed by atoms with Gasteiger partial charge >= 0.3 is 0 Å². The number of ether oxygens (including phenoxy) is 2. The van der Waals surface area contributed by atoms with Crippen molar-refractivity contribution < 1.29 is 19.1 Å². The molecule has 0 bridgehead atoms. The van der Waals surface area contributed by atoms with Gasteiger partial charge in [0.1, 0.15) is 18.1 Å². The summed E-state index contributed by atoms with van der Waals surface area (Å²) in [5, 5.41) is 7.93. The molecule has 9 heteroatoms. The first kappa shape index (κ1) is 29.7. The number of hydrogen-bond acceptors (Lipinski definition) is 6. The Hall–Kier alpha value is -3.30. The highest BCUT2D eigenvalue weighted by Gasteiger charge is 2.40. The van der Waals surface area contributed by atoms with Crippen molar-refractivity contribution in [3.05, 3.63) is 70.4 Å². The molecule has 2 aromatic carbocycles. The van der Waals surface area contributed by atoms with E-state index < -0.39 is 0 Å². The molecule has 2 heterocycles. The first-order valence-electron chi connectivity index (χ1n) is 13.6. The number of thioether (sulfide) groups is 1. The third-order valence-electron chi connectivity index (χ3n) is 7.17. The van der Waals surface area contributed by atoms with Crippen molar-refractivity contribution >= 4 is 29.4 Å². The molecule has 8 nitrogen and oxygen atoms in total. The smallest absolute Gasteiger partial charge is 0.240 e. The highest BCUT2D eigenvalue weighted by molar-refractivity contribution is 8.00. The maximum atomic E-state index is 13.8. The van der Waals surface area contributed by atoms with Crippen LogP contribution in [0.2, 0.25) is 0 Å². The number of nitrogens with one attached hydrogen (secondary N) is 1. The second-order valence-electron chi connectivity index (χ2n) is 11.1. The van der Waals surface area contributed by atoms with Crippen LogP contribution in [0.5, 0.6) is 5.75 Å². The fourth-order valence-electron chi connectivity index (χ4n) is 4.98. The summed E-state index contributed by atoms with van der Waals surface area (Å²) in [5.74, 6) is 1.24. The van der Waals surface area contributed by atoms with Crippen LogP contribution in [0.1, 0.15) is 60.4 Å². The number of para-hydroxylation sites is 1. The molecule has 0 aliphatic carbocycles. The number of aryl methyl sites for hydroxylation is 1. The molecule has 0 saturated carbocycles. The average Bonchev–Trinajstić information content (AvgIpc) is 3.26. The Balaban J connectivity index is 1.97. The predicted octanol–water partition coefficient (Wildman–Crippen LogP) is 5.12. The largest absolute Gasteiger partial charge is 0.496 e. The first-order valence-corrected chi connectivity index (χ1v) is 14.6. The third-order valence-corrected chi connectivity index (χ3v) is 8.41. The van der Waals surface area contributed by atoms with Gasteiger partial charge in [-0.15, -0.1) is 11.8 Å². The molecule has 0 unspecified atom stereocenters. The number of carbonyl (C=O) groups is 2. The highest BCUT2D eigenvalue weighted by Crippen LogP contribution is 2.50. The van der Waals surface area contributed by atoms with E-state index in [2.05, 4.69) is 46.0 Å². The number of methoxy groups -OCH3 is 2. The van der Waals surface area contributed by atoms with Crippen LogP contribution < -0.4 is 15.0 Å². The molecular weight excluding hydrogens is 524 g/mol. The van der Waals surface area contributed by atoms with Crippen LogP contribution in [0.25, 0.3) is 5.69 Å². The maximum Gasteiger partial charge on any atom is 0.240 e. The lowest BCUT2D eigenvalue weighted by atomic mass is 9.87. The second kappa shape index (κ2) is 12.5. The Kier molecular flexibility index (Phi) is 9.26. The van der Waals surface area contributed by atoms with E-state index in [0.29, 0.717) is 25.4 Å². The van der Waals surface area contributed by atoms with Gasteiger partial charge in [0.05, 0.1) is 29.5 Å². The van der Waals surface area contributed by atoms with Crippen LogP contribution in [0, 0.1) is 13.8 Å². The fraction of sp³-hybridized carbons (Fsp3) is 0.452. The zero-order valence-corrected chi connectivity index (χ0v) is 25.4. The summed E-state index contributed by atoms with van der Waals surface area (Å²) in [6, 6.07) is 14.0. The topological polar surface area (TPSA) is 85.7 Å². The number of fused-ring (bicyclic) bond motifs is 1. The van der Waals surface area contributed by atoms with Gasteiger partial charge in [-0.3, -0.25) is 14.5 Å². The molecule has 1 N–H and O–H groups in total. The quantitative estimate of drug-likeness (QED) is 0.363. The standard InChI is InChI=1S/C31H40N4O4S/c1-20-12-10-14-23(21(20)2)35-30-27(29(33-35)31(3,4)5)28(22-13-8-9-15-24(22)39-7)40-19-26(37)34(30)18-25(36)32-16-11-17-38-6/h8-10,12-15,28H,11,16-19H2,1-7H3,(H,32,36)/t28-/m0/s1. The van der Waals surface area contributed by atoms with Gasteiger partial charge in [0.25, 0.3) is 0 Å². The number of rotatable bonds is 9. The normalized spacial score (nSPS) is 15.5. The predicted molar refractivity (Wildman–Crippen MR) is 161 cm³/mol. The minimum atomic E-state index is -0.338. The monoisotopic (exact) mass is 564 g/mol. The van der Waals surface area contributed by atoms with E-state index in [4.69, 9.17) is 14.6 Å². The van der Waals surface area contributed by atoms with Crippen molar-refractivity contribution in [3.63, 3.8) is 0 Å². The van der Waals surface area contributed by atoms with Gasteiger partial charge in [0, 0.05) is 36.8 Å². The number of nitrogens with zero attached hydrogens (tertiary/aromatic N) is 3. The Labute approximate surface area is 241 Å². The fourth-order valence-corrected chi connectivity index (χ4v) is 6.20. The zero-order chi connectivity index (χ0) is 29.0. The number of hydrogen-bond donors (Lipinski definition) is 1. The summed E-state index contributed by atoms with van der Waals surface area (Å²) in [7, 11) is 3.30. The highest BCUT2D eigenvalue weighted by atomic mass is 32.2. The van der Waals surface area contributed by atoms with Crippen LogP contribution in [0.4, 0.5) is 5.82 Å². The average molecular weight is 565 g/mol. The van der Waals surface area contributed by atoms with E-state index >= 15 is 0 Å². The van der Waals surface area contributed by atoms with Gasteiger partial charge in [-0.2, -0.15) is 5.10 Å². The minimum absolute atomic E-state index is 0.0990. The van der Waals surface area contributed by atoms with E-state index in [1.165, 1.54) is 0 Å². The molecule has 0 spiro atoms. The Bertz CT molecular complexity index is 1380. The van der Waals surface area contributed by atoms with E-state index in [1.807, 2.05) is 41.1 Å². The van der Waals surface area contributed by atoms with Crippen molar-refractivity contribution in [1.82, 2.24) is 15.1 Å². The molecule has 2 amide bonds. The number of amides is 2. The maximum absolute atomic E-state index is 13.8. The lowest BCUT2D eigenvalue weighted by Crippen LogP contribution is -2.42. The number of anilines is 1. The summed E-state index contributed by atoms with van der Waals surface area (Å²) >= 11 is 1.55. The Morgan fingerprint density at radius 2 is 1.88 bits per heavy atom. The van der Waals surface area contributed by atoms with E-state index in [1.54, 1.807) is 30.9 Å². The molecular formula is C31H40N4O4S. The van der Waals surface area contributed by atoms with Crippen molar-refractivity contribution in [2.45, 2.75) is 51.7 Å². The molecule has 1 aliphatic heterocycles. The minimum Gasteiger partial charge on any atom is -0.496 e. The van der Waals surface area contributed by atoms with E-state index in [9.17, 15) is 9.59 Å². The lowest BCUT2D eigenvalue weighted by Gasteiger charge is -2.25. The third kappa shape index (κ3) is 6.05. The molecule has 0 saturated heterocycles. The molecule has 0 fully saturated rings. The van der Waals surface area contributed by atoms with Crippen molar-refractivity contribution in [2.24, 2.45) is 0 Å². The summed E-state index contributed by atoms with van der Waals surface area (Å²) in [5.41, 5.74) is 5.52. The molecule has 0 radical (unpaired) electrons. The summed E-state index contributed by atoms with van der Waals surface area (Å²) in [4.78, 5) is 28.6. The summed E-state index contributed by atoms with van der Waals surface area (Å²) in [6.45, 7) is 11.5. The SMILES string of the molecule is COCCCNC(=O)CN1C(=O)CS[C@@H](c2ccccc2OC)c2c(C(C)(C)C)nn(-c3cccc(C)c3C)c21. The first-order chi connectivity index (χ1) is 19.1. The molecule has 1 aliphatic rings. The zero-order valence-electron chi connectivity index (χ0n) is 24.5. The van der Waals surface area contributed by atoms with Gasteiger partial charge in [-0.25, -0.2) is 4.68 Å². The van der Waals surface area contributed by atoms with E-state index in [0.717, 1.165) is 39.4 Å². The molecule has 3 aromatic rings. The Morgan fingerprint density at radius 1 is 1.12 bits per heavy atom. The molecule has 1 aromatic heterocycles. The van der Waals surface area contributed by atoms with E-state index in [-0.39, 0.29) is 34.8 Å². The van der Waals surface area contributed by atoms with Gasteiger partial charge in [0.2, 0.25) is 11.8 Å². The number of aromatic nitrogens is 2. The van der Waals surface area contributed by atoms with Crippen LogP contribution in [-0.2, 0) is 19.7 Å². The summed E-state index contributed by atoms with van der Waals surface area (Å²) in [6.07, 6.45) is 0.696. The summed E-state index contributed by atoms with van der Waals surface area (Å²) < 4.78 is 12.8. The van der Waals surface area contributed by atoms with Crippen molar-refractivity contribution in [2.75, 3.05) is 44.6 Å². The Morgan fingerprint density at radius 3 is 2.58 bits per heavy atom. The van der Waals surface area contributed by atoms with Crippen LogP contribution in [-0.4, -0.2) is 61.3 Å². The molecule has 40 heavy (non-hydrogen) atoms. The van der Waals surface area contributed by atoms with Crippen LogP contribution >= 0.6 is 11.8 Å². The molecule has 214 valence electrons.